The van der Waals surface area contributed by atoms with Crippen molar-refractivity contribution in [1.29, 1.82) is 0 Å². The van der Waals surface area contributed by atoms with Crippen LogP contribution in [0.2, 0.25) is 0 Å². The van der Waals surface area contributed by atoms with Gasteiger partial charge in [-0.25, -0.2) is 4.98 Å². The Hall–Kier alpha value is -1.69. The fourth-order valence-electron chi connectivity index (χ4n) is 2.75. The fourth-order valence-corrected chi connectivity index (χ4v) is 4.00. The lowest BCUT2D eigenvalue weighted by Crippen LogP contribution is -2.26. The summed E-state index contributed by atoms with van der Waals surface area (Å²) in [6.45, 7) is 3.73. The van der Waals surface area contributed by atoms with E-state index in [1.807, 2.05) is 5.38 Å². The highest BCUT2D eigenvalue weighted by atomic mass is 32.1. The third-order valence-corrected chi connectivity index (χ3v) is 5.01. The Morgan fingerprint density at radius 2 is 2.48 bits per heavy atom. The number of fused-ring (bicyclic) bond motifs is 1. The van der Waals surface area contributed by atoms with Crippen LogP contribution in [0.5, 0.6) is 0 Å². The Bertz CT molecular complexity index is 605. The Labute approximate surface area is 128 Å². The number of hydrogen-bond donors (Lipinski definition) is 1. The van der Waals surface area contributed by atoms with Gasteiger partial charge in [-0.3, -0.25) is 9.48 Å². The molecule has 2 aromatic heterocycles. The summed E-state index contributed by atoms with van der Waals surface area (Å²) >= 11 is 1.74. The number of thiophene rings is 1. The second-order valence-corrected chi connectivity index (χ2v) is 6.63. The predicted octanol–water partition coefficient (Wildman–Crippen LogP) is 2.28. The third kappa shape index (κ3) is 3.32. The van der Waals surface area contributed by atoms with Gasteiger partial charge in [0.05, 0.1) is 5.56 Å². The van der Waals surface area contributed by atoms with Crippen molar-refractivity contribution in [2.75, 3.05) is 6.54 Å². The van der Waals surface area contributed by atoms with Gasteiger partial charge in [-0.1, -0.05) is 6.92 Å². The van der Waals surface area contributed by atoms with Gasteiger partial charge in [-0.2, -0.15) is 5.10 Å². The van der Waals surface area contributed by atoms with Gasteiger partial charge in [0.25, 0.3) is 5.91 Å². The molecule has 0 saturated carbocycles. The fraction of sp³-hybridized carbons (Fsp3) is 0.533. The van der Waals surface area contributed by atoms with Crippen molar-refractivity contribution in [3.05, 3.63) is 34.0 Å². The summed E-state index contributed by atoms with van der Waals surface area (Å²) in [6.07, 6.45) is 7.44. The van der Waals surface area contributed by atoms with E-state index in [1.54, 1.807) is 22.3 Å². The minimum atomic E-state index is 0.0700. The molecule has 0 bridgehead atoms. The maximum atomic E-state index is 12.3. The van der Waals surface area contributed by atoms with Gasteiger partial charge in [-0.05, 0) is 37.2 Å². The molecule has 0 aromatic carbocycles. The number of nitrogens with one attached hydrogen (secondary N) is 1. The van der Waals surface area contributed by atoms with Crippen molar-refractivity contribution < 1.29 is 4.79 Å². The molecule has 0 fully saturated rings. The Morgan fingerprint density at radius 3 is 3.29 bits per heavy atom. The van der Waals surface area contributed by atoms with Crippen LogP contribution in [-0.2, 0) is 19.4 Å². The molecule has 112 valence electrons. The molecule has 0 unspecified atom stereocenters. The molecule has 1 aliphatic carbocycles. The molecule has 21 heavy (non-hydrogen) atoms. The molecule has 1 aliphatic rings. The number of carbonyl (C=O) groups is 1. The van der Waals surface area contributed by atoms with E-state index in [2.05, 4.69) is 22.3 Å². The van der Waals surface area contributed by atoms with Gasteiger partial charge in [0.1, 0.15) is 12.7 Å². The topological polar surface area (TPSA) is 59.8 Å². The maximum Gasteiger partial charge on any atom is 0.252 e. The summed E-state index contributed by atoms with van der Waals surface area (Å²) in [5, 5.41) is 9.08. The average Bonchev–Trinajstić information content (AvgIpc) is 3.12. The predicted molar refractivity (Wildman–Crippen MR) is 82.5 cm³/mol. The molecule has 0 spiro atoms. The first-order valence-corrected chi connectivity index (χ1v) is 8.32. The normalized spacial score (nSPS) is 17.5. The van der Waals surface area contributed by atoms with Gasteiger partial charge in [-0.15, -0.1) is 11.3 Å². The van der Waals surface area contributed by atoms with E-state index in [4.69, 9.17) is 0 Å². The van der Waals surface area contributed by atoms with E-state index in [0.29, 0.717) is 6.54 Å². The molecule has 2 heterocycles. The molecule has 0 saturated heterocycles. The molecule has 1 atom stereocenters. The van der Waals surface area contributed by atoms with Crippen LogP contribution in [0.1, 0.15) is 40.6 Å². The summed E-state index contributed by atoms with van der Waals surface area (Å²) < 4.78 is 1.78. The lowest BCUT2D eigenvalue weighted by Gasteiger charge is -2.18. The molecule has 1 amide bonds. The van der Waals surface area contributed by atoms with E-state index in [0.717, 1.165) is 37.3 Å². The molecule has 1 N–H and O–H groups in total. The van der Waals surface area contributed by atoms with Crippen molar-refractivity contribution in [2.24, 2.45) is 5.92 Å². The van der Waals surface area contributed by atoms with Crippen molar-refractivity contribution in [1.82, 2.24) is 20.1 Å². The zero-order valence-corrected chi connectivity index (χ0v) is 13.0. The first-order chi connectivity index (χ1) is 10.2. The number of aromatic nitrogens is 3. The first-order valence-electron chi connectivity index (χ1n) is 7.44. The number of hydrogen-bond acceptors (Lipinski definition) is 4. The summed E-state index contributed by atoms with van der Waals surface area (Å²) in [5.74, 6) is 0.815. The number of aryl methyl sites for hydroxylation is 1. The van der Waals surface area contributed by atoms with Crippen LogP contribution in [0.15, 0.2) is 18.0 Å². The Kier molecular flexibility index (Phi) is 4.34. The second-order valence-electron chi connectivity index (χ2n) is 5.67. The van der Waals surface area contributed by atoms with Crippen LogP contribution in [0, 0.1) is 5.92 Å². The molecule has 3 rings (SSSR count). The lowest BCUT2D eigenvalue weighted by atomic mass is 9.88. The van der Waals surface area contributed by atoms with Crippen LogP contribution in [0.25, 0.3) is 0 Å². The van der Waals surface area contributed by atoms with Crippen LogP contribution >= 0.6 is 11.3 Å². The maximum absolute atomic E-state index is 12.3. The molecular weight excluding hydrogens is 284 g/mol. The Balaban J connectivity index is 1.52. The summed E-state index contributed by atoms with van der Waals surface area (Å²) in [7, 11) is 0. The minimum Gasteiger partial charge on any atom is -0.352 e. The summed E-state index contributed by atoms with van der Waals surface area (Å²) in [4.78, 5) is 17.6. The quantitative estimate of drug-likeness (QED) is 0.862. The van der Waals surface area contributed by atoms with E-state index < -0.39 is 0 Å². The van der Waals surface area contributed by atoms with Gasteiger partial charge in [0.2, 0.25) is 0 Å². The number of nitrogens with zero attached hydrogens (tertiary/aromatic N) is 3. The highest BCUT2D eigenvalue weighted by Gasteiger charge is 2.22. The monoisotopic (exact) mass is 304 g/mol. The van der Waals surface area contributed by atoms with Gasteiger partial charge in [0.15, 0.2) is 0 Å². The highest BCUT2D eigenvalue weighted by molar-refractivity contribution is 7.10. The first kappa shape index (κ1) is 14.3. The largest absolute Gasteiger partial charge is 0.352 e. The molecule has 6 heteroatoms. The van der Waals surface area contributed by atoms with Gasteiger partial charge in [0, 0.05) is 23.3 Å². The molecular formula is C15H20N4OS. The molecule has 5 nitrogen and oxygen atoms in total. The van der Waals surface area contributed by atoms with E-state index >= 15 is 0 Å². The summed E-state index contributed by atoms with van der Waals surface area (Å²) in [5.41, 5.74) is 2.18. The van der Waals surface area contributed by atoms with Crippen molar-refractivity contribution in [2.45, 2.75) is 39.2 Å². The SMILES string of the molecule is C[C@H]1CCc2c(C(=O)NCCCn3cncn3)csc2C1. The van der Waals surface area contributed by atoms with E-state index in [1.165, 1.54) is 23.2 Å². The van der Waals surface area contributed by atoms with Gasteiger partial charge >= 0.3 is 0 Å². The van der Waals surface area contributed by atoms with Crippen LogP contribution in [0.3, 0.4) is 0 Å². The summed E-state index contributed by atoms with van der Waals surface area (Å²) in [6, 6.07) is 0. The second kappa shape index (κ2) is 6.39. The van der Waals surface area contributed by atoms with Crippen LogP contribution < -0.4 is 5.32 Å². The van der Waals surface area contributed by atoms with Crippen molar-refractivity contribution in [3.8, 4) is 0 Å². The zero-order chi connectivity index (χ0) is 14.7. The van der Waals surface area contributed by atoms with Crippen molar-refractivity contribution in [3.63, 3.8) is 0 Å². The van der Waals surface area contributed by atoms with E-state index in [-0.39, 0.29) is 5.91 Å². The minimum absolute atomic E-state index is 0.0700. The zero-order valence-electron chi connectivity index (χ0n) is 12.2. The van der Waals surface area contributed by atoms with Crippen LogP contribution in [-0.4, -0.2) is 27.2 Å². The van der Waals surface area contributed by atoms with E-state index in [9.17, 15) is 4.79 Å². The standard InChI is InChI=1S/C15H20N4OS/c1-11-3-4-12-13(8-21-14(12)7-11)15(20)17-5-2-6-19-10-16-9-18-19/h8-11H,2-7H2,1H3,(H,17,20)/t11-/m0/s1. The average molecular weight is 304 g/mol. The van der Waals surface area contributed by atoms with Gasteiger partial charge < -0.3 is 5.32 Å². The lowest BCUT2D eigenvalue weighted by molar-refractivity contribution is 0.0952. The Morgan fingerprint density at radius 1 is 1.57 bits per heavy atom. The molecule has 0 radical (unpaired) electrons. The smallest absolute Gasteiger partial charge is 0.252 e. The highest BCUT2D eigenvalue weighted by Crippen LogP contribution is 2.32. The number of carbonyl (C=O) groups excluding carboxylic acids is 1. The number of rotatable bonds is 5. The number of amides is 1. The molecule has 0 aliphatic heterocycles. The van der Waals surface area contributed by atoms with Crippen molar-refractivity contribution >= 4 is 17.2 Å². The van der Waals surface area contributed by atoms with Crippen LogP contribution in [0.4, 0.5) is 0 Å². The third-order valence-electron chi connectivity index (χ3n) is 3.96. The molecule has 2 aromatic rings.